The maximum absolute atomic E-state index is 11.9. The number of carbonyl (C=O) groups is 2. The number of carbonyl (C=O) groups excluding carboxylic acids is 1. The minimum Gasteiger partial charge on any atom is -0.483 e. The standard InChI is InChI=1S/C14H26N2O2.CH2O2/c17-10-9-16-7-5-12(6-8-16)11-15-14(18)13-3-1-2-4-13;2-1-3/h12-13,17H,1-11H2,(H,15,18);1H,(H,2,3). The van der Waals surface area contributed by atoms with Crippen LogP contribution in [-0.2, 0) is 9.59 Å². The maximum atomic E-state index is 11.9. The molecule has 3 N–H and O–H groups in total. The second kappa shape index (κ2) is 10.6. The van der Waals surface area contributed by atoms with Crippen LogP contribution in [0, 0.1) is 11.8 Å². The van der Waals surface area contributed by atoms with Gasteiger partial charge in [0.25, 0.3) is 6.47 Å². The highest BCUT2D eigenvalue weighted by Gasteiger charge is 2.24. The fraction of sp³-hybridized carbons (Fsp3) is 0.867. The predicted octanol–water partition coefficient (Wildman–Crippen LogP) is 0.698. The van der Waals surface area contributed by atoms with E-state index in [1.54, 1.807) is 0 Å². The molecule has 2 fully saturated rings. The minimum atomic E-state index is -0.250. The Morgan fingerprint density at radius 2 is 1.76 bits per heavy atom. The molecule has 0 aromatic heterocycles. The number of nitrogens with zero attached hydrogens (tertiary/aromatic N) is 1. The summed E-state index contributed by atoms with van der Waals surface area (Å²) >= 11 is 0. The van der Waals surface area contributed by atoms with Crippen LogP contribution >= 0.6 is 0 Å². The van der Waals surface area contributed by atoms with E-state index < -0.39 is 0 Å². The zero-order chi connectivity index (χ0) is 15.5. The predicted molar refractivity (Wildman–Crippen MR) is 79.9 cm³/mol. The van der Waals surface area contributed by atoms with Crippen molar-refractivity contribution in [1.29, 1.82) is 0 Å². The third-order valence-corrected chi connectivity index (χ3v) is 4.41. The molecule has 1 heterocycles. The lowest BCUT2D eigenvalue weighted by Gasteiger charge is -2.31. The molecule has 1 aliphatic carbocycles. The molecular formula is C15H28N2O4. The number of aliphatic hydroxyl groups excluding tert-OH is 1. The van der Waals surface area contributed by atoms with Crippen LogP contribution in [0.15, 0.2) is 0 Å². The third kappa shape index (κ3) is 6.91. The van der Waals surface area contributed by atoms with E-state index >= 15 is 0 Å². The van der Waals surface area contributed by atoms with E-state index in [1.807, 2.05) is 0 Å². The fourth-order valence-corrected chi connectivity index (χ4v) is 3.13. The first kappa shape index (κ1) is 17.9. The average Bonchev–Trinajstić information content (AvgIpc) is 3.02. The molecule has 0 aromatic rings. The van der Waals surface area contributed by atoms with E-state index in [1.165, 1.54) is 12.8 Å². The van der Waals surface area contributed by atoms with Gasteiger partial charge >= 0.3 is 0 Å². The molecular weight excluding hydrogens is 272 g/mol. The topological polar surface area (TPSA) is 89.9 Å². The van der Waals surface area contributed by atoms with Gasteiger partial charge in [0, 0.05) is 19.0 Å². The van der Waals surface area contributed by atoms with Crippen molar-refractivity contribution < 1.29 is 19.8 Å². The molecule has 1 saturated carbocycles. The maximum Gasteiger partial charge on any atom is 0.290 e. The van der Waals surface area contributed by atoms with E-state index in [4.69, 9.17) is 15.0 Å². The molecule has 122 valence electrons. The zero-order valence-corrected chi connectivity index (χ0v) is 12.7. The number of likely N-dealkylation sites (tertiary alicyclic amines) is 1. The van der Waals surface area contributed by atoms with Gasteiger partial charge in [-0.1, -0.05) is 12.8 Å². The molecule has 0 unspecified atom stereocenters. The Bertz CT molecular complexity index is 298. The number of aliphatic hydroxyl groups is 1. The van der Waals surface area contributed by atoms with Crippen LogP contribution in [0.2, 0.25) is 0 Å². The number of hydrogen-bond acceptors (Lipinski definition) is 4. The van der Waals surface area contributed by atoms with Crippen molar-refractivity contribution in [1.82, 2.24) is 10.2 Å². The summed E-state index contributed by atoms with van der Waals surface area (Å²) in [4.78, 5) is 22.6. The van der Waals surface area contributed by atoms with Gasteiger partial charge in [-0.05, 0) is 44.7 Å². The summed E-state index contributed by atoms with van der Waals surface area (Å²) in [7, 11) is 0. The molecule has 21 heavy (non-hydrogen) atoms. The van der Waals surface area contributed by atoms with E-state index in [9.17, 15) is 4.79 Å². The normalized spacial score (nSPS) is 20.6. The molecule has 2 aliphatic rings. The molecule has 0 bridgehead atoms. The molecule has 6 heteroatoms. The van der Waals surface area contributed by atoms with Crippen molar-refractivity contribution in [2.75, 3.05) is 32.8 Å². The van der Waals surface area contributed by atoms with Gasteiger partial charge in [0.15, 0.2) is 0 Å². The van der Waals surface area contributed by atoms with Gasteiger partial charge in [-0.15, -0.1) is 0 Å². The van der Waals surface area contributed by atoms with Crippen LogP contribution in [0.5, 0.6) is 0 Å². The third-order valence-electron chi connectivity index (χ3n) is 4.41. The van der Waals surface area contributed by atoms with Gasteiger partial charge in [-0.25, -0.2) is 0 Å². The van der Waals surface area contributed by atoms with Gasteiger partial charge in [-0.3, -0.25) is 9.59 Å². The molecule has 1 amide bonds. The Hall–Kier alpha value is -1.14. The van der Waals surface area contributed by atoms with Crippen molar-refractivity contribution in [3.05, 3.63) is 0 Å². The van der Waals surface area contributed by atoms with Crippen LogP contribution in [0.3, 0.4) is 0 Å². The first-order valence-electron chi connectivity index (χ1n) is 7.90. The van der Waals surface area contributed by atoms with Gasteiger partial charge in [0.05, 0.1) is 6.61 Å². The van der Waals surface area contributed by atoms with Crippen LogP contribution in [0.4, 0.5) is 0 Å². The SMILES string of the molecule is O=C(NCC1CCN(CCO)CC1)C1CCCC1.O=CO. The summed E-state index contributed by atoms with van der Waals surface area (Å²) in [6.45, 7) is 3.77. The summed E-state index contributed by atoms with van der Waals surface area (Å²) in [5.41, 5.74) is 0. The summed E-state index contributed by atoms with van der Waals surface area (Å²) in [5.74, 6) is 1.20. The van der Waals surface area contributed by atoms with Gasteiger partial charge in [0.1, 0.15) is 0 Å². The highest BCUT2D eigenvalue weighted by Crippen LogP contribution is 2.25. The zero-order valence-electron chi connectivity index (χ0n) is 12.7. The summed E-state index contributed by atoms with van der Waals surface area (Å²) < 4.78 is 0. The minimum absolute atomic E-state index is 0.250. The van der Waals surface area contributed by atoms with E-state index in [-0.39, 0.29) is 19.0 Å². The Labute approximate surface area is 126 Å². The lowest BCUT2D eigenvalue weighted by Crippen LogP contribution is -2.40. The number of piperidine rings is 1. The number of rotatable bonds is 5. The second-order valence-electron chi connectivity index (χ2n) is 5.84. The van der Waals surface area contributed by atoms with E-state index in [2.05, 4.69) is 10.2 Å². The number of nitrogens with one attached hydrogen (secondary N) is 1. The summed E-state index contributed by atoms with van der Waals surface area (Å²) in [5, 5.41) is 18.9. The molecule has 0 atom stereocenters. The van der Waals surface area contributed by atoms with E-state index in [0.717, 1.165) is 51.9 Å². The van der Waals surface area contributed by atoms with Crippen LogP contribution in [-0.4, -0.2) is 60.3 Å². The average molecular weight is 300 g/mol. The molecule has 0 radical (unpaired) electrons. The highest BCUT2D eigenvalue weighted by atomic mass is 16.3. The van der Waals surface area contributed by atoms with Crippen LogP contribution in [0.25, 0.3) is 0 Å². The summed E-state index contributed by atoms with van der Waals surface area (Å²) in [6, 6.07) is 0. The first-order chi connectivity index (χ1) is 10.2. The Morgan fingerprint density at radius 3 is 2.29 bits per heavy atom. The largest absolute Gasteiger partial charge is 0.483 e. The van der Waals surface area contributed by atoms with Crippen molar-refractivity contribution in [2.24, 2.45) is 11.8 Å². The lowest BCUT2D eigenvalue weighted by molar-refractivity contribution is -0.125. The molecule has 0 spiro atoms. The molecule has 1 saturated heterocycles. The van der Waals surface area contributed by atoms with Gasteiger partial charge in [0.2, 0.25) is 5.91 Å². The fourth-order valence-electron chi connectivity index (χ4n) is 3.13. The van der Waals surface area contributed by atoms with Crippen LogP contribution < -0.4 is 5.32 Å². The molecule has 2 rings (SSSR count). The molecule has 6 nitrogen and oxygen atoms in total. The highest BCUT2D eigenvalue weighted by molar-refractivity contribution is 5.78. The monoisotopic (exact) mass is 300 g/mol. The van der Waals surface area contributed by atoms with Crippen molar-refractivity contribution in [2.45, 2.75) is 38.5 Å². The van der Waals surface area contributed by atoms with Crippen molar-refractivity contribution >= 4 is 12.4 Å². The van der Waals surface area contributed by atoms with Crippen molar-refractivity contribution in [3.63, 3.8) is 0 Å². The number of amides is 1. The Morgan fingerprint density at radius 1 is 1.19 bits per heavy atom. The van der Waals surface area contributed by atoms with Gasteiger partial charge < -0.3 is 20.4 Å². The molecule has 1 aliphatic heterocycles. The first-order valence-corrected chi connectivity index (χ1v) is 7.90. The Kier molecular flexibility index (Phi) is 9.01. The van der Waals surface area contributed by atoms with Gasteiger partial charge in [-0.2, -0.15) is 0 Å². The Balaban J connectivity index is 0.000000677. The van der Waals surface area contributed by atoms with Crippen LogP contribution in [0.1, 0.15) is 38.5 Å². The number of carboxylic acid groups (broad SMARTS) is 1. The molecule has 0 aromatic carbocycles. The van der Waals surface area contributed by atoms with Crippen molar-refractivity contribution in [3.8, 4) is 0 Å². The quantitative estimate of drug-likeness (QED) is 0.650. The number of β-amino-alcohol motifs (C(OH)–C–C–N with tert-alkyl or cyclic N) is 1. The smallest absolute Gasteiger partial charge is 0.290 e. The summed E-state index contributed by atoms with van der Waals surface area (Å²) in [6.07, 6.45) is 6.90. The van der Waals surface area contributed by atoms with E-state index in [0.29, 0.717) is 11.8 Å². The lowest BCUT2D eigenvalue weighted by atomic mass is 9.96. The second-order valence-corrected chi connectivity index (χ2v) is 5.84. The number of hydrogen-bond donors (Lipinski definition) is 3.